The lowest BCUT2D eigenvalue weighted by atomic mass is 10.1. The van der Waals surface area contributed by atoms with Crippen LogP contribution in [0.5, 0.6) is 0 Å². The number of anilines is 1. The summed E-state index contributed by atoms with van der Waals surface area (Å²) in [6.45, 7) is 4.44. The molecule has 1 aliphatic rings. The van der Waals surface area contributed by atoms with Gasteiger partial charge in [-0.15, -0.1) is 0 Å². The summed E-state index contributed by atoms with van der Waals surface area (Å²) < 4.78 is 0. The van der Waals surface area contributed by atoms with Gasteiger partial charge < -0.3 is 5.32 Å². The van der Waals surface area contributed by atoms with Crippen molar-refractivity contribution in [3.63, 3.8) is 0 Å². The molecule has 0 bridgehead atoms. The number of carbonyl (C=O) groups excluding carboxylic acids is 3. The van der Waals surface area contributed by atoms with E-state index in [4.69, 9.17) is 0 Å². The molecule has 0 aliphatic carbocycles. The van der Waals surface area contributed by atoms with Crippen LogP contribution >= 0.6 is 0 Å². The van der Waals surface area contributed by atoms with Gasteiger partial charge in [-0.25, -0.2) is 0 Å². The zero-order valence-electron chi connectivity index (χ0n) is 13.9. The van der Waals surface area contributed by atoms with Gasteiger partial charge in [-0.1, -0.05) is 24.6 Å². The Balaban J connectivity index is 1.67. The van der Waals surface area contributed by atoms with E-state index in [0.29, 0.717) is 25.8 Å². The normalized spacial score (nSPS) is 14.4. The molecule has 1 aromatic rings. The minimum absolute atomic E-state index is 0.00993. The second kappa shape index (κ2) is 7.90. The van der Waals surface area contributed by atoms with Gasteiger partial charge >= 0.3 is 0 Å². The third-order valence-corrected chi connectivity index (χ3v) is 4.19. The van der Waals surface area contributed by atoms with Crippen LogP contribution in [0.1, 0.15) is 49.7 Å². The van der Waals surface area contributed by atoms with E-state index in [1.165, 1.54) is 4.90 Å². The summed E-state index contributed by atoms with van der Waals surface area (Å²) in [5, 5.41) is 2.97. The number of hydrogen-bond acceptors (Lipinski definition) is 3. The van der Waals surface area contributed by atoms with E-state index < -0.39 is 0 Å². The van der Waals surface area contributed by atoms with E-state index in [1.807, 2.05) is 32.0 Å². The molecule has 1 saturated heterocycles. The summed E-state index contributed by atoms with van der Waals surface area (Å²) in [4.78, 5) is 36.3. The van der Waals surface area contributed by atoms with E-state index in [1.54, 1.807) is 0 Å². The number of rotatable bonds is 7. The van der Waals surface area contributed by atoms with Crippen molar-refractivity contribution < 1.29 is 14.4 Å². The molecule has 1 fully saturated rings. The molecule has 1 aromatic carbocycles. The minimum atomic E-state index is -0.0669. The molecule has 0 atom stereocenters. The fourth-order valence-corrected chi connectivity index (χ4v) is 2.82. The molecule has 23 heavy (non-hydrogen) atoms. The van der Waals surface area contributed by atoms with Crippen molar-refractivity contribution >= 4 is 23.4 Å². The van der Waals surface area contributed by atoms with Crippen LogP contribution < -0.4 is 5.32 Å². The topological polar surface area (TPSA) is 66.5 Å². The van der Waals surface area contributed by atoms with Gasteiger partial charge in [-0.05, 0) is 37.8 Å². The average molecular weight is 316 g/mol. The predicted molar refractivity (Wildman–Crippen MR) is 89.0 cm³/mol. The van der Waals surface area contributed by atoms with E-state index in [0.717, 1.165) is 36.1 Å². The van der Waals surface area contributed by atoms with Gasteiger partial charge in [-0.2, -0.15) is 0 Å². The summed E-state index contributed by atoms with van der Waals surface area (Å²) >= 11 is 0. The van der Waals surface area contributed by atoms with E-state index in [9.17, 15) is 14.4 Å². The van der Waals surface area contributed by atoms with E-state index in [-0.39, 0.29) is 17.7 Å². The highest BCUT2D eigenvalue weighted by molar-refractivity contribution is 6.01. The maximum atomic E-state index is 12.0. The van der Waals surface area contributed by atoms with Crippen molar-refractivity contribution in [3.8, 4) is 0 Å². The molecule has 0 unspecified atom stereocenters. The number of nitrogens with one attached hydrogen (secondary N) is 1. The summed E-state index contributed by atoms with van der Waals surface area (Å²) in [5.74, 6) is -0.124. The second-order valence-corrected chi connectivity index (χ2v) is 6.06. The van der Waals surface area contributed by atoms with Crippen molar-refractivity contribution in [2.45, 2.75) is 52.4 Å². The zero-order valence-corrected chi connectivity index (χ0v) is 13.9. The van der Waals surface area contributed by atoms with Gasteiger partial charge in [0.1, 0.15) is 0 Å². The van der Waals surface area contributed by atoms with Gasteiger partial charge in [0.15, 0.2) is 0 Å². The summed E-state index contributed by atoms with van der Waals surface area (Å²) in [5.41, 5.74) is 3.01. The van der Waals surface area contributed by atoms with Gasteiger partial charge in [0, 0.05) is 31.5 Å². The molecule has 0 saturated carbocycles. The number of hydrogen-bond donors (Lipinski definition) is 1. The number of unbranched alkanes of at least 4 members (excludes halogenated alkanes) is 2. The fourth-order valence-electron chi connectivity index (χ4n) is 2.82. The van der Waals surface area contributed by atoms with Gasteiger partial charge in [0.25, 0.3) is 0 Å². The smallest absolute Gasteiger partial charge is 0.229 e. The number of nitrogens with zero attached hydrogens (tertiary/aromatic N) is 1. The van der Waals surface area contributed by atoms with Crippen LogP contribution in [-0.2, 0) is 14.4 Å². The minimum Gasteiger partial charge on any atom is -0.326 e. The first-order valence-electron chi connectivity index (χ1n) is 8.18. The molecule has 3 amide bonds. The Labute approximate surface area is 137 Å². The third-order valence-electron chi connectivity index (χ3n) is 4.19. The van der Waals surface area contributed by atoms with E-state index >= 15 is 0 Å². The molecule has 124 valence electrons. The summed E-state index contributed by atoms with van der Waals surface area (Å²) in [7, 11) is 0. The number of carbonyl (C=O) groups is 3. The molecular weight excluding hydrogens is 292 g/mol. The Bertz CT molecular complexity index is 574. The lowest BCUT2D eigenvalue weighted by Gasteiger charge is -2.13. The first kappa shape index (κ1) is 17.2. The van der Waals surface area contributed by atoms with Gasteiger partial charge in [0.2, 0.25) is 17.7 Å². The highest BCUT2D eigenvalue weighted by Crippen LogP contribution is 2.20. The van der Waals surface area contributed by atoms with Crippen molar-refractivity contribution in [2.75, 3.05) is 11.9 Å². The molecule has 0 radical (unpaired) electrons. The maximum absolute atomic E-state index is 12.0. The lowest BCUT2D eigenvalue weighted by molar-refractivity contribution is -0.138. The Hall–Kier alpha value is -2.17. The largest absolute Gasteiger partial charge is 0.326 e. The molecule has 5 nitrogen and oxygen atoms in total. The average Bonchev–Trinajstić information content (AvgIpc) is 2.82. The number of likely N-dealkylation sites (tertiary alicyclic amines) is 1. The molecule has 0 spiro atoms. The number of aryl methyl sites for hydroxylation is 2. The quantitative estimate of drug-likeness (QED) is 0.621. The lowest BCUT2D eigenvalue weighted by Crippen LogP contribution is -2.29. The Morgan fingerprint density at radius 3 is 2.26 bits per heavy atom. The van der Waals surface area contributed by atoms with Crippen LogP contribution in [0, 0.1) is 13.8 Å². The van der Waals surface area contributed by atoms with Crippen LogP contribution in [0.3, 0.4) is 0 Å². The molecule has 5 heteroatoms. The SMILES string of the molecule is Cc1cccc(C)c1NC(=O)CCCCCN1C(=O)CCC1=O. The number of imide groups is 1. The maximum Gasteiger partial charge on any atom is 0.229 e. The molecule has 1 aliphatic heterocycles. The zero-order chi connectivity index (χ0) is 16.8. The standard InChI is InChI=1S/C18H24N2O3/c1-13-7-6-8-14(2)18(13)19-15(21)9-4-3-5-12-20-16(22)10-11-17(20)23/h6-8H,3-5,9-12H2,1-2H3,(H,19,21). The van der Waals surface area contributed by atoms with Crippen LogP contribution in [-0.4, -0.2) is 29.2 Å². The molecular formula is C18H24N2O3. The fraction of sp³-hybridized carbons (Fsp3) is 0.500. The highest BCUT2D eigenvalue weighted by atomic mass is 16.2. The molecule has 0 aromatic heterocycles. The molecule has 2 rings (SSSR count). The van der Waals surface area contributed by atoms with E-state index in [2.05, 4.69) is 5.32 Å². The van der Waals surface area contributed by atoms with Crippen molar-refractivity contribution in [2.24, 2.45) is 0 Å². The number of amides is 3. The van der Waals surface area contributed by atoms with Crippen molar-refractivity contribution in [1.29, 1.82) is 0 Å². The molecule has 1 heterocycles. The Kier molecular flexibility index (Phi) is 5.90. The van der Waals surface area contributed by atoms with Crippen LogP contribution in [0.4, 0.5) is 5.69 Å². The van der Waals surface area contributed by atoms with Crippen molar-refractivity contribution in [1.82, 2.24) is 4.90 Å². The second-order valence-electron chi connectivity index (χ2n) is 6.06. The number of para-hydroxylation sites is 1. The van der Waals surface area contributed by atoms with Crippen LogP contribution in [0.15, 0.2) is 18.2 Å². The van der Waals surface area contributed by atoms with Crippen LogP contribution in [0.25, 0.3) is 0 Å². The van der Waals surface area contributed by atoms with Crippen LogP contribution in [0.2, 0.25) is 0 Å². The predicted octanol–water partition coefficient (Wildman–Crippen LogP) is 2.95. The Morgan fingerprint density at radius 1 is 1.04 bits per heavy atom. The Morgan fingerprint density at radius 2 is 1.65 bits per heavy atom. The third kappa shape index (κ3) is 4.65. The van der Waals surface area contributed by atoms with Gasteiger partial charge in [-0.3, -0.25) is 19.3 Å². The summed E-state index contributed by atoms with van der Waals surface area (Å²) in [6, 6.07) is 5.93. The highest BCUT2D eigenvalue weighted by Gasteiger charge is 2.27. The summed E-state index contributed by atoms with van der Waals surface area (Å²) in [6.07, 6.45) is 3.49. The van der Waals surface area contributed by atoms with Gasteiger partial charge in [0.05, 0.1) is 0 Å². The first-order chi connectivity index (χ1) is 11.0. The first-order valence-corrected chi connectivity index (χ1v) is 8.18. The number of benzene rings is 1. The van der Waals surface area contributed by atoms with Crippen molar-refractivity contribution in [3.05, 3.63) is 29.3 Å². The molecule has 1 N–H and O–H groups in total. The monoisotopic (exact) mass is 316 g/mol.